The average Bonchev–Trinajstić information content (AvgIpc) is 2.52. The van der Waals surface area contributed by atoms with E-state index in [1.54, 1.807) is 0 Å². The molecule has 0 radical (unpaired) electrons. The molecule has 23 heavy (non-hydrogen) atoms. The van der Waals surface area contributed by atoms with Gasteiger partial charge in [0.1, 0.15) is 0 Å². The molecular weight excluding hydrogens is 306 g/mol. The van der Waals surface area contributed by atoms with E-state index in [1.165, 1.54) is 0 Å². The van der Waals surface area contributed by atoms with E-state index in [-0.39, 0.29) is 24.2 Å². The predicted octanol–water partition coefficient (Wildman–Crippen LogP) is 5.20. The molecule has 2 nitrogen and oxygen atoms in total. The van der Waals surface area contributed by atoms with Gasteiger partial charge in [0, 0.05) is 18.0 Å². The zero-order valence-corrected chi connectivity index (χ0v) is 14.9. The van der Waals surface area contributed by atoms with Crippen LogP contribution >= 0.6 is 12.4 Å². The molecule has 0 spiro atoms. The lowest BCUT2D eigenvalue weighted by atomic mass is 9.90. The third kappa shape index (κ3) is 5.19. The Morgan fingerprint density at radius 1 is 1.09 bits per heavy atom. The third-order valence-electron chi connectivity index (χ3n) is 4.04. The van der Waals surface area contributed by atoms with Crippen molar-refractivity contribution in [2.75, 3.05) is 0 Å². The first-order valence-corrected chi connectivity index (χ1v) is 7.93. The summed E-state index contributed by atoms with van der Waals surface area (Å²) in [5, 5.41) is 0. The molecule has 2 rings (SSSR count). The van der Waals surface area contributed by atoms with Gasteiger partial charge in [-0.2, -0.15) is 0 Å². The minimum atomic E-state index is -0.0857. The zero-order valence-electron chi connectivity index (χ0n) is 14.1. The Hall–Kier alpha value is -1.64. The number of nitrogens with two attached hydrogens (primary N) is 1. The van der Waals surface area contributed by atoms with Gasteiger partial charge in [-0.1, -0.05) is 61.9 Å². The van der Waals surface area contributed by atoms with E-state index in [0.717, 1.165) is 22.3 Å². The smallest absolute Gasteiger partial charge is 0.163 e. The van der Waals surface area contributed by atoms with Crippen molar-refractivity contribution >= 4 is 18.2 Å². The van der Waals surface area contributed by atoms with E-state index in [2.05, 4.69) is 26.0 Å². The second-order valence-electron chi connectivity index (χ2n) is 6.22. The predicted molar refractivity (Wildman–Crippen MR) is 99.5 cm³/mol. The summed E-state index contributed by atoms with van der Waals surface area (Å²) in [6.07, 6.45) is 1.16. The first-order valence-electron chi connectivity index (χ1n) is 7.93. The average molecular weight is 332 g/mol. The summed E-state index contributed by atoms with van der Waals surface area (Å²) < 4.78 is 0. The highest BCUT2D eigenvalue weighted by Gasteiger charge is 2.15. The lowest BCUT2D eigenvalue weighted by Gasteiger charge is -2.15. The van der Waals surface area contributed by atoms with Crippen LogP contribution in [0.4, 0.5) is 0 Å². The Kier molecular flexibility index (Phi) is 7.47. The van der Waals surface area contributed by atoms with E-state index in [4.69, 9.17) is 5.73 Å². The topological polar surface area (TPSA) is 43.1 Å². The van der Waals surface area contributed by atoms with Crippen LogP contribution in [0.25, 0.3) is 0 Å². The van der Waals surface area contributed by atoms with Gasteiger partial charge in [-0.05, 0) is 36.5 Å². The fourth-order valence-corrected chi connectivity index (χ4v) is 2.70. The number of carbonyl (C=O) groups excluding carboxylic acids is 1. The van der Waals surface area contributed by atoms with Gasteiger partial charge in [0.2, 0.25) is 0 Å². The van der Waals surface area contributed by atoms with Gasteiger partial charge in [0.15, 0.2) is 5.78 Å². The van der Waals surface area contributed by atoms with E-state index in [0.29, 0.717) is 18.8 Å². The van der Waals surface area contributed by atoms with Crippen LogP contribution in [0.1, 0.15) is 65.7 Å². The SMILES string of the molecule is Cc1ccc(C(C)C)c(C(=O)CC[C@@H](N)c2ccccc2)c1.Cl. The number of aryl methyl sites for hydroxylation is 1. The summed E-state index contributed by atoms with van der Waals surface area (Å²) in [5.41, 5.74) is 10.4. The molecule has 2 aromatic carbocycles. The standard InChI is InChI=1S/C20H25NO.ClH/c1-14(2)17-10-9-15(3)13-18(17)20(22)12-11-19(21)16-7-5-4-6-8-16;/h4-10,13-14,19H,11-12,21H2,1-3H3;1H/t19-;/m1./s1. The maximum atomic E-state index is 12.6. The summed E-state index contributed by atoms with van der Waals surface area (Å²) in [7, 11) is 0. The highest BCUT2D eigenvalue weighted by molar-refractivity contribution is 5.97. The maximum absolute atomic E-state index is 12.6. The van der Waals surface area contributed by atoms with Crippen molar-refractivity contribution in [2.24, 2.45) is 5.73 Å². The van der Waals surface area contributed by atoms with Crippen LogP contribution in [-0.2, 0) is 0 Å². The van der Waals surface area contributed by atoms with Crippen LogP contribution in [-0.4, -0.2) is 5.78 Å². The van der Waals surface area contributed by atoms with E-state index < -0.39 is 0 Å². The van der Waals surface area contributed by atoms with Crippen LogP contribution in [0.3, 0.4) is 0 Å². The molecular formula is C20H26ClNO. The fourth-order valence-electron chi connectivity index (χ4n) is 2.70. The van der Waals surface area contributed by atoms with Crippen molar-refractivity contribution in [3.05, 3.63) is 70.8 Å². The van der Waals surface area contributed by atoms with Crippen LogP contribution in [0.15, 0.2) is 48.5 Å². The van der Waals surface area contributed by atoms with Gasteiger partial charge >= 0.3 is 0 Å². The molecule has 0 aromatic heterocycles. The van der Waals surface area contributed by atoms with Gasteiger partial charge in [0.25, 0.3) is 0 Å². The number of Topliss-reactive ketones (excluding diaryl/α,β-unsaturated/α-hetero) is 1. The number of ketones is 1. The highest BCUT2D eigenvalue weighted by atomic mass is 35.5. The number of halogens is 1. The molecule has 0 bridgehead atoms. The third-order valence-corrected chi connectivity index (χ3v) is 4.04. The maximum Gasteiger partial charge on any atom is 0.163 e. The Bertz CT molecular complexity index is 637. The van der Waals surface area contributed by atoms with E-state index in [1.807, 2.05) is 43.3 Å². The van der Waals surface area contributed by atoms with Crippen molar-refractivity contribution in [1.82, 2.24) is 0 Å². The number of benzene rings is 2. The fraction of sp³-hybridized carbons (Fsp3) is 0.350. The molecule has 2 N–H and O–H groups in total. The van der Waals surface area contributed by atoms with E-state index >= 15 is 0 Å². The second kappa shape index (κ2) is 8.85. The first-order chi connectivity index (χ1) is 10.5. The molecule has 0 aliphatic carbocycles. The molecule has 0 amide bonds. The van der Waals surface area contributed by atoms with Crippen molar-refractivity contribution in [1.29, 1.82) is 0 Å². The number of hydrogen-bond acceptors (Lipinski definition) is 2. The van der Waals surface area contributed by atoms with Crippen LogP contribution in [0.2, 0.25) is 0 Å². The molecule has 3 heteroatoms. The number of carbonyl (C=O) groups is 1. The van der Waals surface area contributed by atoms with Gasteiger partial charge in [-0.15, -0.1) is 12.4 Å². The Labute approximate surface area is 145 Å². The Balaban J connectivity index is 0.00000264. The molecule has 0 saturated heterocycles. The summed E-state index contributed by atoms with van der Waals surface area (Å²) in [5.74, 6) is 0.543. The summed E-state index contributed by atoms with van der Waals surface area (Å²) in [6, 6.07) is 16.0. The van der Waals surface area contributed by atoms with Crippen LogP contribution in [0.5, 0.6) is 0 Å². The van der Waals surface area contributed by atoms with Gasteiger partial charge in [0.05, 0.1) is 0 Å². The molecule has 1 atom stereocenters. The van der Waals surface area contributed by atoms with Gasteiger partial charge in [-0.3, -0.25) is 4.79 Å². The quantitative estimate of drug-likeness (QED) is 0.739. The molecule has 0 aliphatic heterocycles. The Morgan fingerprint density at radius 3 is 2.35 bits per heavy atom. The molecule has 0 saturated carbocycles. The number of rotatable bonds is 6. The monoisotopic (exact) mass is 331 g/mol. The minimum absolute atomic E-state index is 0. The largest absolute Gasteiger partial charge is 0.324 e. The van der Waals surface area contributed by atoms with Gasteiger partial charge in [-0.25, -0.2) is 0 Å². The summed E-state index contributed by atoms with van der Waals surface area (Å²) in [4.78, 5) is 12.6. The van der Waals surface area contributed by atoms with E-state index in [9.17, 15) is 4.79 Å². The lowest BCUT2D eigenvalue weighted by molar-refractivity contribution is 0.0976. The normalized spacial score (nSPS) is 11.9. The van der Waals surface area contributed by atoms with Crippen molar-refractivity contribution in [3.63, 3.8) is 0 Å². The zero-order chi connectivity index (χ0) is 16.1. The first kappa shape index (κ1) is 19.4. The number of hydrogen-bond donors (Lipinski definition) is 1. The Morgan fingerprint density at radius 2 is 1.74 bits per heavy atom. The highest BCUT2D eigenvalue weighted by Crippen LogP contribution is 2.24. The minimum Gasteiger partial charge on any atom is -0.324 e. The molecule has 0 heterocycles. The van der Waals surface area contributed by atoms with Crippen molar-refractivity contribution in [2.45, 2.75) is 45.6 Å². The van der Waals surface area contributed by atoms with Crippen molar-refractivity contribution in [3.8, 4) is 0 Å². The molecule has 0 fully saturated rings. The van der Waals surface area contributed by atoms with Gasteiger partial charge < -0.3 is 5.73 Å². The molecule has 0 aliphatic rings. The van der Waals surface area contributed by atoms with Crippen molar-refractivity contribution < 1.29 is 4.79 Å². The molecule has 0 unspecified atom stereocenters. The summed E-state index contributed by atoms with van der Waals surface area (Å²) >= 11 is 0. The second-order valence-corrected chi connectivity index (χ2v) is 6.22. The molecule has 124 valence electrons. The molecule has 2 aromatic rings. The lowest BCUT2D eigenvalue weighted by Crippen LogP contribution is -2.13. The van der Waals surface area contributed by atoms with Crippen LogP contribution in [0, 0.1) is 6.92 Å². The summed E-state index contributed by atoms with van der Waals surface area (Å²) in [6.45, 7) is 6.27. The van der Waals surface area contributed by atoms with Crippen LogP contribution < -0.4 is 5.73 Å².